The van der Waals surface area contributed by atoms with Crippen molar-refractivity contribution in [1.29, 1.82) is 0 Å². The fourth-order valence-corrected chi connectivity index (χ4v) is 6.70. The number of ether oxygens (including phenoxy) is 2. The average Bonchev–Trinajstić information content (AvgIpc) is 3.70. The number of nitrogens with one attached hydrogen (secondary N) is 3. The molecule has 8 rings (SSSR count). The van der Waals surface area contributed by atoms with Gasteiger partial charge >= 0.3 is 5.79 Å². The van der Waals surface area contributed by atoms with Gasteiger partial charge in [-0.2, -0.15) is 0 Å². The van der Waals surface area contributed by atoms with Crippen LogP contribution in [0.1, 0.15) is 17.5 Å². The van der Waals surface area contributed by atoms with Gasteiger partial charge in [-0.25, -0.2) is 0 Å². The topological polar surface area (TPSA) is 144 Å². The molecule has 1 aliphatic carbocycles. The van der Waals surface area contributed by atoms with Gasteiger partial charge in [-0.3, -0.25) is 15.1 Å². The molecule has 1 saturated heterocycles. The lowest BCUT2D eigenvalue weighted by Gasteiger charge is -2.35. The number of aromatic nitrogens is 2. The van der Waals surface area contributed by atoms with Crippen LogP contribution in [0.4, 0.5) is 0 Å². The Balaban J connectivity index is 1.50. The highest BCUT2D eigenvalue weighted by molar-refractivity contribution is 6.24. The van der Waals surface area contributed by atoms with E-state index in [0.29, 0.717) is 37.4 Å². The smallest absolute Gasteiger partial charge is 0.345 e. The zero-order valence-corrected chi connectivity index (χ0v) is 21.3. The van der Waals surface area contributed by atoms with Crippen molar-refractivity contribution in [2.75, 3.05) is 19.6 Å². The largest absolute Gasteiger partial charge is 0.441 e. The second-order valence-corrected chi connectivity index (χ2v) is 10.5. The summed E-state index contributed by atoms with van der Waals surface area (Å²) >= 11 is 0. The van der Waals surface area contributed by atoms with Crippen LogP contribution < -0.4 is 26.3 Å². The maximum absolute atomic E-state index is 13.9. The monoisotopic (exact) mass is 520 g/mol. The predicted octanol–water partition coefficient (Wildman–Crippen LogP) is 3.00. The molecule has 3 aliphatic heterocycles. The Hall–Kier alpha value is -4.18. The molecule has 2 aromatic carbocycles. The first-order valence-corrected chi connectivity index (χ1v) is 13.4. The van der Waals surface area contributed by atoms with E-state index in [1.807, 2.05) is 36.7 Å². The van der Waals surface area contributed by atoms with E-state index < -0.39 is 5.79 Å². The van der Waals surface area contributed by atoms with Crippen molar-refractivity contribution in [2.24, 2.45) is 16.5 Å². The number of nitrogens with two attached hydrogens (primary N) is 2. The fraction of sp³-hybridized carbons (Fsp3) is 0.267. The number of benzene rings is 2. The summed E-state index contributed by atoms with van der Waals surface area (Å²) in [5.41, 5.74) is 20.4. The standard InChI is InChI=1S/C30H28N6O3/c31-10-7-15-13-34-18-1-4-21-26(24(15)18)27-22(5-2-19-25(27)16(8-11-32)14-35-19)39-30(38-21)23(37)6-3-20-28(30)17-9-12-33-29(17)36-20/h1-6,13-14,29,33-35H,7-12,31-32H2. The van der Waals surface area contributed by atoms with E-state index in [9.17, 15) is 4.79 Å². The Bertz CT molecular complexity index is 1710. The first kappa shape index (κ1) is 22.8. The number of H-pyrrole nitrogens is 2. The fourth-order valence-electron chi connectivity index (χ4n) is 6.70. The highest BCUT2D eigenvalue weighted by Crippen LogP contribution is 2.53. The summed E-state index contributed by atoms with van der Waals surface area (Å²) in [4.78, 5) is 25.6. The second kappa shape index (κ2) is 8.16. The number of aliphatic imine (C=N–C) groups is 1. The van der Waals surface area contributed by atoms with Gasteiger partial charge in [0, 0.05) is 51.9 Å². The lowest BCUT2D eigenvalue weighted by atomic mass is 9.87. The highest BCUT2D eigenvalue weighted by Gasteiger charge is 2.56. The quantitative estimate of drug-likeness (QED) is 0.280. The highest BCUT2D eigenvalue weighted by atomic mass is 16.7. The van der Waals surface area contributed by atoms with E-state index in [1.165, 1.54) is 6.08 Å². The number of hydrogen-bond acceptors (Lipinski definition) is 7. The van der Waals surface area contributed by atoms with Crippen molar-refractivity contribution in [3.8, 4) is 22.6 Å². The Labute approximate surface area is 223 Å². The number of rotatable bonds is 4. The maximum Gasteiger partial charge on any atom is 0.345 e. The Morgan fingerprint density at radius 3 is 2.10 bits per heavy atom. The maximum atomic E-state index is 13.9. The van der Waals surface area contributed by atoms with Gasteiger partial charge in [0.2, 0.25) is 5.78 Å². The van der Waals surface area contributed by atoms with Gasteiger partial charge in [0.25, 0.3) is 0 Å². The third-order valence-electron chi connectivity index (χ3n) is 8.32. The van der Waals surface area contributed by atoms with E-state index >= 15 is 0 Å². The third-order valence-corrected chi connectivity index (χ3v) is 8.32. The minimum atomic E-state index is -1.68. The lowest BCUT2D eigenvalue weighted by molar-refractivity contribution is -0.147. The molecule has 9 heteroatoms. The van der Waals surface area contributed by atoms with Crippen LogP contribution in [-0.2, 0) is 17.6 Å². The molecule has 1 fully saturated rings. The molecule has 4 aliphatic rings. The van der Waals surface area contributed by atoms with E-state index in [0.717, 1.165) is 73.9 Å². The molecule has 0 radical (unpaired) electrons. The molecule has 1 spiro atoms. The molecule has 1 unspecified atom stereocenters. The van der Waals surface area contributed by atoms with Crippen molar-refractivity contribution in [1.82, 2.24) is 15.3 Å². The van der Waals surface area contributed by atoms with Gasteiger partial charge in [-0.1, -0.05) is 0 Å². The number of aromatic amines is 2. The first-order valence-electron chi connectivity index (χ1n) is 13.4. The minimum Gasteiger partial charge on any atom is -0.441 e. The van der Waals surface area contributed by atoms with Crippen LogP contribution in [0, 0.1) is 0 Å². The molecule has 0 bridgehead atoms. The summed E-state index contributed by atoms with van der Waals surface area (Å²) in [6.07, 6.45) is 9.31. The molecule has 0 amide bonds. The van der Waals surface area contributed by atoms with Crippen molar-refractivity contribution in [3.05, 3.63) is 71.1 Å². The van der Waals surface area contributed by atoms with Gasteiger partial charge in [0.15, 0.2) is 0 Å². The number of allylic oxidation sites excluding steroid dienone is 1. The van der Waals surface area contributed by atoms with E-state index in [4.69, 9.17) is 25.9 Å². The van der Waals surface area contributed by atoms with Crippen LogP contribution in [0.25, 0.3) is 32.9 Å². The summed E-state index contributed by atoms with van der Waals surface area (Å²) < 4.78 is 13.7. The first-order chi connectivity index (χ1) is 19.1. The molecule has 196 valence electrons. The Kier molecular flexibility index (Phi) is 4.76. The van der Waals surface area contributed by atoms with Crippen LogP contribution in [-0.4, -0.2) is 53.1 Å². The van der Waals surface area contributed by atoms with Crippen LogP contribution >= 0.6 is 0 Å². The summed E-state index contributed by atoms with van der Waals surface area (Å²) in [5, 5.41) is 5.45. The molecule has 4 aromatic rings. The van der Waals surface area contributed by atoms with Crippen molar-refractivity contribution in [2.45, 2.75) is 31.2 Å². The van der Waals surface area contributed by atoms with Gasteiger partial charge in [-0.15, -0.1) is 0 Å². The van der Waals surface area contributed by atoms with Crippen LogP contribution in [0.3, 0.4) is 0 Å². The van der Waals surface area contributed by atoms with Crippen LogP contribution in [0.2, 0.25) is 0 Å². The predicted molar refractivity (Wildman–Crippen MR) is 150 cm³/mol. The van der Waals surface area contributed by atoms with E-state index in [1.54, 1.807) is 6.08 Å². The van der Waals surface area contributed by atoms with Gasteiger partial charge in [0.05, 0.1) is 11.3 Å². The number of hydrogen-bond donors (Lipinski definition) is 5. The number of carbonyl (C=O) groups excluding carboxylic acids is 1. The molecule has 0 saturated carbocycles. The van der Waals surface area contributed by atoms with Crippen LogP contribution in [0.15, 0.2) is 64.9 Å². The molecule has 39 heavy (non-hydrogen) atoms. The van der Waals surface area contributed by atoms with Crippen molar-refractivity contribution < 1.29 is 14.3 Å². The number of fused-ring (bicyclic) bond motifs is 10. The summed E-state index contributed by atoms with van der Waals surface area (Å²) in [6.45, 7) is 1.80. The second-order valence-electron chi connectivity index (χ2n) is 10.5. The molecule has 1 atom stereocenters. The van der Waals surface area contributed by atoms with Crippen molar-refractivity contribution in [3.63, 3.8) is 0 Å². The van der Waals surface area contributed by atoms with Gasteiger partial charge in [0.1, 0.15) is 17.7 Å². The zero-order valence-electron chi connectivity index (χ0n) is 21.3. The lowest BCUT2D eigenvalue weighted by Crippen LogP contribution is -2.54. The Morgan fingerprint density at radius 2 is 1.51 bits per heavy atom. The molecular weight excluding hydrogens is 492 g/mol. The number of ketones is 1. The summed E-state index contributed by atoms with van der Waals surface area (Å²) in [6, 6.07) is 7.86. The van der Waals surface area contributed by atoms with Crippen LogP contribution in [0.5, 0.6) is 11.5 Å². The molecule has 2 aromatic heterocycles. The zero-order chi connectivity index (χ0) is 26.3. The van der Waals surface area contributed by atoms with Gasteiger partial charge in [-0.05, 0) is 85.5 Å². The summed E-state index contributed by atoms with van der Waals surface area (Å²) in [5.74, 6) is -0.781. The molecule has 5 heterocycles. The molecular formula is C30H28N6O3. The summed E-state index contributed by atoms with van der Waals surface area (Å²) in [7, 11) is 0. The normalized spacial score (nSPS) is 20.5. The average molecular weight is 521 g/mol. The number of nitrogens with zero attached hydrogens (tertiary/aromatic N) is 1. The van der Waals surface area contributed by atoms with E-state index in [2.05, 4.69) is 15.3 Å². The molecule has 7 N–H and O–H groups in total. The van der Waals surface area contributed by atoms with E-state index in [-0.39, 0.29) is 11.9 Å². The minimum absolute atomic E-state index is 0.163. The van der Waals surface area contributed by atoms with Gasteiger partial charge < -0.3 is 30.9 Å². The number of carbonyl (C=O) groups is 1. The molecule has 9 nitrogen and oxygen atoms in total. The third kappa shape index (κ3) is 3.00. The SMILES string of the molecule is NCCc1c[nH]c2ccc3c(c12)-c1c(ccc2[nH]cc(CCN)c12)OC1(O3)C(=O)C=CC2=NC3NCCC3=C21. The Morgan fingerprint density at radius 1 is 0.897 bits per heavy atom. The van der Waals surface area contributed by atoms with Crippen molar-refractivity contribution >= 4 is 33.3 Å².